The maximum atomic E-state index is 5.21. The van der Waals surface area contributed by atoms with Crippen LogP contribution in [0.1, 0.15) is 36.1 Å². The van der Waals surface area contributed by atoms with Crippen molar-refractivity contribution in [3.8, 4) is 0 Å². The number of aryl methyl sites for hydroxylation is 1. The zero-order chi connectivity index (χ0) is 19.8. The van der Waals surface area contributed by atoms with Gasteiger partial charge in [0, 0.05) is 33.2 Å². The quantitative estimate of drug-likeness (QED) is 0.530. The number of guanidine groups is 1. The molecule has 2 aromatic rings. The fraction of sp³-hybridized carbons (Fsp3) is 0.550. The van der Waals surface area contributed by atoms with Crippen molar-refractivity contribution in [3.05, 3.63) is 47.0 Å². The van der Waals surface area contributed by atoms with Crippen LogP contribution in [-0.4, -0.2) is 47.5 Å². The van der Waals surface area contributed by atoms with Crippen LogP contribution in [0, 0.1) is 0 Å². The summed E-state index contributed by atoms with van der Waals surface area (Å²) in [6.07, 6.45) is 1.89. The monoisotopic (exact) mass is 386 g/mol. The minimum Gasteiger partial charge on any atom is -0.380 e. The second-order valence-corrected chi connectivity index (χ2v) is 6.89. The van der Waals surface area contributed by atoms with Gasteiger partial charge >= 0.3 is 0 Å². The first-order valence-electron chi connectivity index (χ1n) is 9.75. The zero-order valence-corrected chi connectivity index (χ0v) is 16.9. The highest BCUT2D eigenvalue weighted by molar-refractivity contribution is 5.80. The van der Waals surface area contributed by atoms with Crippen LogP contribution in [0.3, 0.4) is 0 Å². The number of methoxy groups -OCH3 is 2. The van der Waals surface area contributed by atoms with E-state index < -0.39 is 0 Å². The molecule has 8 nitrogen and oxygen atoms in total. The highest BCUT2D eigenvalue weighted by Crippen LogP contribution is 2.14. The molecule has 0 amide bonds. The van der Waals surface area contributed by atoms with E-state index in [9.17, 15) is 0 Å². The maximum absolute atomic E-state index is 5.21. The smallest absolute Gasteiger partial charge is 0.191 e. The van der Waals surface area contributed by atoms with Crippen LogP contribution >= 0.6 is 0 Å². The molecule has 0 bridgehead atoms. The van der Waals surface area contributed by atoms with E-state index in [-0.39, 0.29) is 6.04 Å². The molecule has 0 aliphatic carbocycles. The SMILES string of the molecule is CCNC(=NCc1cccc(COC)c1)NC1CCc2nc(COC)nn2C1. The number of hydrogen-bond acceptors (Lipinski definition) is 5. The van der Waals surface area contributed by atoms with Crippen molar-refractivity contribution in [1.29, 1.82) is 0 Å². The van der Waals surface area contributed by atoms with E-state index in [4.69, 9.17) is 14.5 Å². The van der Waals surface area contributed by atoms with Crippen LogP contribution in [0.15, 0.2) is 29.3 Å². The first-order valence-corrected chi connectivity index (χ1v) is 9.75. The van der Waals surface area contributed by atoms with Gasteiger partial charge in [-0.25, -0.2) is 14.7 Å². The highest BCUT2D eigenvalue weighted by Gasteiger charge is 2.22. The summed E-state index contributed by atoms with van der Waals surface area (Å²) in [5.74, 6) is 2.60. The van der Waals surface area contributed by atoms with Crippen LogP contribution < -0.4 is 10.6 Å². The third-order valence-electron chi connectivity index (χ3n) is 4.58. The van der Waals surface area contributed by atoms with Gasteiger partial charge in [-0.15, -0.1) is 0 Å². The fourth-order valence-corrected chi connectivity index (χ4v) is 3.34. The van der Waals surface area contributed by atoms with E-state index in [1.807, 2.05) is 10.7 Å². The molecule has 0 saturated carbocycles. The molecule has 152 valence electrons. The van der Waals surface area contributed by atoms with Crippen LogP contribution in [0.2, 0.25) is 0 Å². The molecule has 1 aromatic carbocycles. The lowest BCUT2D eigenvalue weighted by atomic mass is 10.1. The number of hydrogen-bond donors (Lipinski definition) is 2. The van der Waals surface area contributed by atoms with Crippen molar-refractivity contribution < 1.29 is 9.47 Å². The lowest BCUT2D eigenvalue weighted by Crippen LogP contribution is -2.47. The summed E-state index contributed by atoms with van der Waals surface area (Å²) in [6.45, 7) is 5.35. The van der Waals surface area contributed by atoms with E-state index in [1.165, 1.54) is 0 Å². The van der Waals surface area contributed by atoms with Crippen molar-refractivity contribution in [2.45, 2.75) is 52.1 Å². The normalized spacial score (nSPS) is 16.7. The Morgan fingerprint density at radius 1 is 1.25 bits per heavy atom. The van der Waals surface area contributed by atoms with Gasteiger partial charge in [0.2, 0.25) is 0 Å². The molecule has 0 saturated heterocycles. The summed E-state index contributed by atoms with van der Waals surface area (Å²) in [4.78, 5) is 9.29. The molecular formula is C20H30N6O2. The van der Waals surface area contributed by atoms with Gasteiger partial charge in [-0.2, -0.15) is 5.10 Å². The van der Waals surface area contributed by atoms with Crippen molar-refractivity contribution in [2.24, 2.45) is 4.99 Å². The van der Waals surface area contributed by atoms with Gasteiger partial charge in [-0.05, 0) is 24.5 Å². The molecule has 1 unspecified atom stereocenters. The Hall–Kier alpha value is -2.45. The van der Waals surface area contributed by atoms with Gasteiger partial charge in [0.1, 0.15) is 12.4 Å². The average Bonchev–Trinajstić information content (AvgIpc) is 3.09. The van der Waals surface area contributed by atoms with Crippen LogP contribution in [0.5, 0.6) is 0 Å². The molecule has 0 fully saturated rings. The van der Waals surface area contributed by atoms with Crippen molar-refractivity contribution in [3.63, 3.8) is 0 Å². The maximum Gasteiger partial charge on any atom is 0.191 e. The predicted molar refractivity (Wildman–Crippen MR) is 108 cm³/mol. The average molecular weight is 387 g/mol. The molecule has 3 rings (SSSR count). The van der Waals surface area contributed by atoms with E-state index in [2.05, 4.69) is 45.8 Å². The summed E-state index contributed by atoms with van der Waals surface area (Å²) < 4.78 is 12.3. The zero-order valence-electron chi connectivity index (χ0n) is 16.9. The molecule has 0 spiro atoms. The molecule has 1 aliphatic heterocycles. The highest BCUT2D eigenvalue weighted by atomic mass is 16.5. The Balaban J connectivity index is 1.62. The van der Waals surface area contributed by atoms with E-state index in [0.29, 0.717) is 19.8 Å². The lowest BCUT2D eigenvalue weighted by Gasteiger charge is -2.25. The molecular weight excluding hydrogens is 356 g/mol. The van der Waals surface area contributed by atoms with Gasteiger partial charge in [0.15, 0.2) is 11.8 Å². The fourth-order valence-electron chi connectivity index (χ4n) is 3.34. The number of aromatic nitrogens is 3. The number of nitrogens with zero attached hydrogens (tertiary/aromatic N) is 4. The van der Waals surface area contributed by atoms with Crippen LogP contribution in [-0.2, 0) is 42.2 Å². The van der Waals surface area contributed by atoms with Crippen LogP contribution in [0.4, 0.5) is 0 Å². The number of ether oxygens (including phenoxy) is 2. The minimum atomic E-state index is 0.266. The number of benzene rings is 1. The second kappa shape index (κ2) is 10.2. The van der Waals surface area contributed by atoms with Gasteiger partial charge in [-0.3, -0.25) is 0 Å². The molecule has 28 heavy (non-hydrogen) atoms. The van der Waals surface area contributed by atoms with Gasteiger partial charge < -0.3 is 20.1 Å². The third-order valence-corrected chi connectivity index (χ3v) is 4.58. The molecule has 2 heterocycles. The number of aliphatic imine (C=N–C) groups is 1. The van der Waals surface area contributed by atoms with E-state index >= 15 is 0 Å². The van der Waals surface area contributed by atoms with Gasteiger partial charge in [-0.1, -0.05) is 24.3 Å². The minimum absolute atomic E-state index is 0.266. The largest absolute Gasteiger partial charge is 0.380 e. The molecule has 1 aromatic heterocycles. The van der Waals surface area contributed by atoms with Gasteiger partial charge in [0.25, 0.3) is 0 Å². The summed E-state index contributed by atoms with van der Waals surface area (Å²) in [7, 11) is 3.37. The summed E-state index contributed by atoms with van der Waals surface area (Å²) in [5.41, 5.74) is 2.32. The number of nitrogens with one attached hydrogen (secondary N) is 2. The Kier molecular flexibility index (Phi) is 7.39. The molecule has 1 atom stereocenters. The Morgan fingerprint density at radius 3 is 2.86 bits per heavy atom. The first-order chi connectivity index (χ1) is 13.7. The summed E-state index contributed by atoms with van der Waals surface area (Å²) >= 11 is 0. The summed E-state index contributed by atoms with van der Waals surface area (Å²) in [5, 5.41) is 11.4. The van der Waals surface area contributed by atoms with E-state index in [1.54, 1.807) is 14.2 Å². The molecule has 8 heteroatoms. The standard InChI is InChI=1S/C20H30N6O2/c1-4-21-20(22-11-15-6-5-7-16(10-15)13-27-2)23-17-8-9-19-24-18(14-28-3)25-26(19)12-17/h5-7,10,17H,4,8-9,11-14H2,1-3H3,(H2,21,22,23). The summed E-state index contributed by atoms with van der Waals surface area (Å²) in [6, 6.07) is 8.60. The Bertz CT molecular complexity index is 789. The second-order valence-electron chi connectivity index (χ2n) is 6.89. The van der Waals surface area contributed by atoms with Crippen molar-refractivity contribution >= 4 is 5.96 Å². The van der Waals surface area contributed by atoms with Crippen molar-refractivity contribution in [1.82, 2.24) is 25.4 Å². The van der Waals surface area contributed by atoms with Gasteiger partial charge in [0.05, 0.1) is 19.7 Å². The van der Waals surface area contributed by atoms with E-state index in [0.717, 1.165) is 54.7 Å². The first kappa shape index (κ1) is 20.3. The Morgan fingerprint density at radius 2 is 2.07 bits per heavy atom. The van der Waals surface area contributed by atoms with Crippen molar-refractivity contribution in [2.75, 3.05) is 20.8 Å². The lowest BCUT2D eigenvalue weighted by molar-refractivity contribution is 0.177. The molecule has 2 N–H and O–H groups in total. The Labute approximate surface area is 166 Å². The van der Waals surface area contributed by atoms with Crippen LogP contribution in [0.25, 0.3) is 0 Å². The molecule has 1 aliphatic rings. The number of fused-ring (bicyclic) bond motifs is 1. The predicted octanol–water partition coefficient (Wildman–Crippen LogP) is 1.64. The number of rotatable bonds is 8. The topological polar surface area (TPSA) is 85.6 Å². The molecule has 0 radical (unpaired) electrons. The third kappa shape index (κ3) is 5.53.